The van der Waals surface area contributed by atoms with Gasteiger partial charge in [0.15, 0.2) is 11.6 Å². The molecule has 0 bridgehead atoms. The minimum atomic E-state index is -1.38. The highest BCUT2D eigenvalue weighted by atomic mass is 35.5. The van der Waals surface area contributed by atoms with Gasteiger partial charge in [-0.2, -0.15) is 0 Å². The van der Waals surface area contributed by atoms with E-state index in [4.69, 9.17) is 40.0 Å². The Morgan fingerprint density at radius 1 is 0.951 bits per heavy atom. The summed E-state index contributed by atoms with van der Waals surface area (Å²) >= 11 is 5.85. The second-order valence-corrected chi connectivity index (χ2v) is 20.7. The number of Topliss-reactive ketones (excluding diaryl/α,β-unsaturated/α-hetero) is 1. The summed E-state index contributed by atoms with van der Waals surface area (Å²) in [6, 6.07) is -0.747. The number of carbonyl (C=O) groups is 3. The zero-order valence-electron chi connectivity index (χ0n) is 38.4. The Bertz CT molecular complexity index is 1630. The number of ketones is 1. The standard InChI is InChI=1S/C47H76ClNO12/c1-11-32(40(52)53)34-16-15-28(5)45(58-34)26-42(45,9)39(51)30(7)37(50)33(12-2)38-27(4)25-29(6)46(59-38)20-17-35(49-41(54)56-24-14-23-48)47(61-46)22-21-43(10,60-47)36-18-19-44(55,13-3)31(8)57-36/h17,20,27-36,38-39,51,55H,11-16,18-19,21-26H2,1-10H3,(H,49,54)(H,52,53)/t27-,28-,29+,30+,31-,32+,33-,34+,35+,36+,38-,39+,42?,43-,44+,45+,46-,47-/m0/s1. The highest BCUT2D eigenvalue weighted by molar-refractivity contribution is 6.17. The van der Waals surface area contributed by atoms with E-state index < -0.39 is 94.1 Å². The summed E-state index contributed by atoms with van der Waals surface area (Å²) < 4.78 is 40.1. The molecule has 5 fully saturated rings. The van der Waals surface area contributed by atoms with E-state index >= 15 is 0 Å². The first-order valence-corrected chi connectivity index (χ1v) is 23.9. The summed E-state index contributed by atoms with van der Waals surface area (Å²) in [4.78, 5) is 40.1. The summed E-state index contributed by atoms with van der Waals surface area (Å²) in [7, 11) is 0. The lowest BCUT2D eigenvalue weighted by molar-refractivity contribution is -0.398. The fourth-order valence-electron chi connectivity index (χ4n) is 12.2. The molecule has 13 nitrogen and oxygen atoms in total. The van der Waals surface area contributed by atoms with Crippen molar-refractivity contribution in [2.24, 2.45) is 40.9 Å². The predicted octanol–water partition coefficient (Wildman–Crippen LogP) is 7.69. The van der Waals surface area contributed by atoms with Crippen LogP contribution in [0, 0.1) is 40.9 Å². The van der Waals surface area contributed by atoms with E-state index in [9.17, 15) is 29.7 Å². The molecule has 3 spiro atoms. The molecule has 1 amide bonds. The van der Waals surface area contributed by atoms with Gasteiger partial charge in [0, 0.05) is 35.5 Å². The van der Waals surface area contributed by atoms with E-state index in [1.54, 1.807) is 6.92 Å². The molecule has 1 saturated carbocycles. The third-order valence-electron chi connectivity index (χ3n) is 16.5. The quantitative estimate of drug-likeness (QED) is 0.0717. The first-order chi connectivity index (χ1) is 28.6. The lowest BCUT2D eigenvalue weighted by Crippen LogP contribution is -2.65. The molecule has 1 unspecified atom stereocenters. The van der Waals surface area contributed by atoms with E-state index in [-0.39, 0.29) is 36.2 Å². The molecule has 6 aliphatic rings. The first kappa shape index (κ1) is 48.6. The van der Waals surface area contributed by atoms with Gasteiger partial charge in [-0.3, -0.25) is 9.59 Å². The largest absolute Gasteiger partial charge is 0.481 e. The van der Waals surface area contributed by atoms with E-state index in [1.807, 2.05) is 53.7 Å². The molecule has 4 N–H and O–H groups in total. The fourth-order valence-corrected chi connectivity index (χ4v) is 12.3. The van der Waals surface area contributed by atoms with Crippen molar-refractivity contribution in [3.8, 4) is 0 Å². The second kappa shape index (κ2) is 18.2. The van der Waals surface area contributed by atoms with Gasteiger partial charge in [0.05, 0.1) is 59.8 Å². The van der Waals surface area contributed by atoms with Gasteiger partial charge >= 0.3 is 12.1 Å². The minimum Gasteiger partial charge on any atom is -0.481 e. The Labute approximate surface area is 368 Å². The zero-order chi connectivity index (χ0) is 44.9. The molecule has 0 aromatic heterocycles. The van der Waals surface area contributed by atoms with Crippen molar-refractivity contribution in [1.29, 1.82) is 0 Å². The number of amides is 1. The number of alkyl halides is 1. The minimum absolute atomic E-state index is 0.0314. The second-order valence-electron chi connectivity index (χ2n) is 20.3. The van der Waals surface area contributed by atoms with E-state index in [0.717, 1.165) is 6.42 Å². The highest BCUT2D eigenvalue weighted by Crippen LogP contribution is 2.68. The number of aliphatic hydroxyl groups excluding tert-OH is 1. The number of carboxylic acid groups (broad SMARTS) is 1. The summed E-state index contributed by atoms with van der Waals surface area (Å²) in [6.45, 7) is 19.9. The molecular weight excluding hydrogens is 806 g/mol. The number of hydrogen-bond acceptors (Lipinski definition) is 11. The average Bonchev–Trinajstić information content (AvgIpc) is 3.67. The number of halogens is 1. The number of carbonyl (C=O) groups excluding carboxylic acids is 2. The number of rotatable bonds is 15. The van der Waals surface area contributed by atoms with Gasteiger partial charge in [-0.1, -0.05) is 61.5 Å². The zero-order valence-corrected chi connectivity index (χ0v) is 39.1. The molecule has 0 aromatic rings. The van der Waals surface area contributed by atoms with Crippen LogP contribution in [0.3, 0.4) is 0 Å². The molecule has 348 valence electrons. The molecule has 61 heavy (non-hydrogen) atoms. The number of aliphatic carboxylic acids is 1. The molecule has 18 atom stereocenters. The average molecular weight is 883 g/mol. The molecule has 4 saturated heterocycles. The summed E-state index contributed by atoms with van der Waals surface area (Å²) in [5, 5.41) is 36.3. The van der Waals surface area contributed by atoms with Crippen LogP contribution < -0.4 is 5.32 Å². The smallest absolute Gasteiger partial charge is 0.407 e. The van der Waals surface area contributed by atoms with Crippen molar-refractivity contribution < 1.29 is 58.1 Å². The Kier molecular flexibility index (Phi) is 14.5. The normalized spacial score (nSPS) is 45.3. The topological polar surface area (TPSA) is 179 Å². The Morgan fingerprint density at radius 3 is 2.28 bits per heavy atom. The van der Waals surface area contributed by atoms with Crippen molar-refractivity contribution >= 4 is 29.4 Å². The predicted molar refractivity (Wildman–Crippen MR) is 229 cm³/mol. The lowest BCUT2D eigenvalue weighted by Gasteiger charge is -2.55. The molecule has 0 radical (unpaired) electrons. The van der Waals surface area contributed by atoms with Crippen molar-refractivity contribution in [1.82, 2.24) is 5.32 Å². The Balaban J connectivity index is 1.24. The van der Waals surface area contributed by atoms with Crippen LogP contribution in [0.5, 0.6) is 0 Å². The number of alkyl carbamates (subject to hydrolysis) is 1. The van der Waals surface area contributed by atoms with E-state index in [0.29, 0.717) is 76.5 Å². The van der Waals surface area contributed by atoms with Gasteiger partial charge < -0.3 is 49.1 Å². The molecule has 6 rings (SSSR count). The van der Waals surface area contributed by atoms with Crippen LogP contribution in [0.1, 0.15) is 146 Å². The first-order valence-electron chi connectivity index (χ1n) is 23.4. The number of hydrogen-bond donors (Lipinski definition) is 4. The Morgan fingerprint density at radius 2 is 1.66 bits per heavy atom. The van der Waals surface area contributed by atoms with Crippen LogP contribution in [0.15, 0.2) is 12.2 Å². The molecule has 5 aliphatic heterocycles. The van der Waals surface area contributed by atoms with Gasteiger partial charge in [-0.25, -0.2) is 4.79 Å². The highest BCUT2D eigenvalue weighted by Gasteiger charge is 2.74. The molecule has 0 aromatic carbocycles. The van der Waals surface area contributed by atoms with Crippen molar-refractivity contribution in [3.05, 3.63) is 12.2 Å². The van der Waals surface area contributed by atoms with Gasteiger partial charge in [-0.15, -0.1) is 11.6 Å². The fraction of sp³-hybridized carbons (Fsp3) is 0.894. The number of ether oxygens (including phenoxy) is 6. The van der Waals surface area contributed by atoms with Crippen LogP contribution in [0.2, 0.25) is 0 Å². The van der Waals surface area contributed by atoms with Crippen molar-refractivity contribution in [2.45, 2.75) is 211 Å². The number of nitrogens with one attached hydrogen (secondary N) is 1. The van der Waals surface area contributed by atoms with Crippen molar-refractivity contribution in [3.63, 3.8) is 0 Å². The van der Waals surface area contributed by atoms with Crippen LogP contribution in [0.25, 0.3) is 0 Å². The molecule has 1 aliphatic carbocycles. The summed E-state index contributed by atoms with van der Waals surface area (Å²) in [6.07, 6.45) is 7.15. The van der Waals surface area contributed by atoms with Crippen LogP contribution in [0.4, 0.5) is 4.79 Å². The molecule has 14 heteroatoms. The Hall–Kier alpha value is -1.84. The SMILES string of the molecule is CC[C@@H](C(=O)[C@@H](C)[C@@H](O)C1(C)C[C@]12O[C@@H]([C@@H](CC)C(=O)O)CC[C@@H]2C)[C@H]1O[C@]2(C=C[C@@H](NC(=O)OCCCCl)[C@]3(CC[C@@](C)([C@H]4CC[C@](O)(CC)[C@H](C)O4)O3)O2)[C@H](C)C[C@@H]1C. The van der Waals surface area contributed by atoms with Gasteiger partial charge in [0.25, 0.3) is 0 Å². The van der Waals surface area contributed by atoms with Crippen molar-refractivity contribution in [2.75, 3.05) is 12.5 Å². The maximum absolute atomic E-state index is 14.8. The van der Waals surface area contributed by atoms with Crippen LogP contribution >= 0.6 is 11.6 Å². The third-order valence-corrected chi connectivity index (χ3v) is 16.8. The van der Waals surface area contributed by atoms with Crippen LogP contribution in [-0.4, -0.2) is 111 Å². The number of carboxylic acids is 1. The molecule has 5 heterocycles. The maximum Gasteiger partial charge on any atom is 0.407 e. The maximum atomic E-state index is 14.8. The number of aliphatic hydroxyl groups is 2. The summed E-state index contributed by atoms with van der Waals surface area (Å²) in [5.41, 5.74) is -3.17. The third kappa shape index (κ3) is 8.71. The van der Waals surface area contributed by atoms with Crippen LogP contribution in [-0.2, 0) is 38.0 Å². The monoisotopic (exact) mass is 882 g/mol. The lowest BCUT2D eigenvalue weighted by atomic mass is 9.72. The van der Waals surface area contributed by atoms with Gasteiger partial charge in [0.2, 0.25) is 0 Å². The van der Waals surface area contributed by atoms with Gasteiger partial charge in [-0.05, 0) is 102 Å². The summed E-state index contributed by atoms with van der Waals surface area (Å²) in [5.74, 6) is -5.33. The van der Waals surface area contributed by atoms with E-state index in [2.05, 4.69) is 26.1 Å². The molecular formula is C47H76ClNO12. The van der Waals surface area contributed by atoms with Gasteiger partial charge in [0.1, 0.15) is 11.8 Å². The van der Waals surface area contributed by atoms with E-state index in [1.165, 1.54) is 0 Å².